The minimum atomic E-state index is -0.362. The molecule has 0 saturated carbocycles. The maximum atomic E-state index is 11.1. The molecule has 0 atom stereocenters. The summed E-state index contributed by atoms with van der Waals surface area (Å²) in [4.78, 5) is 11.1. The molecule has 0 aliphatic carbocycles. The SMILES string of the molecule is C.C.COC(=O)c1ccc(CC(=N)N)cc1. The molecule has 0 saturated heterocycles. The molecular weight excluding hydrogens is 204 g/mol. The van der Waals surface area contributed by atoms with Gasteiger partial charge in [-0.1, -0.05) is 27.0 Å². The molecule has 16 heavy (non-hydrogen) atoms. The average Bonchev–Trinajstić information content (AvgIpc) is 2.17. The summed E-state index contributed by atoms with van der Waals surface area (Å²) in [6, 6.07) is 6.83. The van der Waals surface area contributed by atoms with Crippen molar-refractivity contribution >= 4 is 11.8 Å². The Morgan fingerprint density at radius 3 is 2.19 bits per heavy atom. The molecule has 4 nitrogen and oxygen atoms in total. The van der Waals surface area contributed by atoms with Crippen LogP contribution in [0.2, 0.25) is 0 Å². The zero-order valence-electron chi connectivity index (χ0n) is 7.91. The van der Waals surface area contributed by atoms with Crippen molar-refractivity contribution in [3.05, 3.63) is 35.4 Å². The van der Waals surface area contributed by atoms with E-state index in [2.05, 4.69) is 4.74 Å². The molecule has 0 unspecified atom stereocenters. The largest absolute Gasteiger partial charge is 0.465 e. The minimum Gasteiger partial charge on any atom is -0.465 e. The van der Waals surface area contributed by atoms with Crippen LogP contribution < -0.4 is 5.73 Å². The van der Waals surface area contributed by atoms with Crippen LogP contribution in [0.15, 0.2) is 24.3 Å². The van der Waals surface area contributed by atoms with Crippen LogP contribution in [0.25, 0.3) is 0 Å². The second-order valence-electron chi connectivity index (χ2n) is 2.89. The van der Waals surface area contributed by atoms with Crippen molar-refractivity contribution in [2.45, 2.75) is 21.3 Å². The number of benzene rings is 1. The van der Waals surface area contributed by atoms with Crippen LogP contribution in [0.5, 0.6) is 0 Å². The van der Waals surface area contributed by atoms with E-state index >= 15 is 0 Å². The maximum absolute atomic E-state index is 11.1. The lowest BCUT2D eigenvalue weighted by molar-refractivity contribution is 0.0600. The molecule has 1 aromatic rings. The highest BCUT2D eigenvalue weighted by Gasteiger charge is 2.04. The van der Waals surface area contributed by atoms with Crippen LogP contribution in [-0.4, -0.2) is 18.9 Å². The van der Waals surface area contributed by atoms with Gasteiger partial charge in [-0.05, 0) is 17.7 Å². The summed E-state index contributed by atoms with van der Waals surface area (Å²) in [7, 11) is 1.34. The van der Waals surface area contributed by atoms with Crippen molar-refractivity contribution in [3.63, 3.8) is 0 Å². The third-order valence-corrected chi connectivity index (χ3v) is 1.77. The number of nitrogens with two attached hydrogens (primary N) is 1. The van der Waals surface area contributed by atoms with Crippen molar-refractivity contribution < 1.29 is 9.53 Å². The maximum Gasteiger partial charge on any atom is 0.337 e. The van der Waals surface area contributed by atoms with E-state index < -0.39 is 0 Å². The van der Waals surface area contributed by atoms with Crippen LogP contribution in [0.3, 0.4) is 0 Å². The van der Waals surface area contributed by atoms with E-state index in [4.69, 9.17) is 11.1 Å². The number of esters is 1. The van der Waals surface area contributed by atoms with Crippen molar-refractivity contribution in [1.29, 1.82) is 5.41 Å². The number of nitrogens with one attached hydrogen (secondary N) is 1. The third kappa shape index (κ3) is 4.59. The fraction of sp³-hybridized carbons (Fsp3) is 0.333. The molecule has 0 amide bonds. The number of rotatable bonds is 3. The molecular formula is C12H20N2O2. The van der Waals surface area contributed by atoms with Gasteiger partial charge in [0.2, 0.25) is 0 Å². The summed E-state index contributed by atoms with van der Waals surface area (Å²) in [5, 5.41) is 7.09. The molecule has 0 heterocycles. The number of methoxy groups -OCH3 is 1. The van der Waals surface area contributed by atoms with Gasteiger partial charge >= 0.3 is 5.97 Å². The van der Waals surface area contributed by atoms with Gasteiger partial charge in [0.1, 0.15) is 0 Å². The van der Waals surface area contributed by atoms with Gasteiger partial charge in [0, 0.05) is 6.42 Å². The number of hydrogen-bond acceptors (Lipinski definition) is 3. The smallest absolute Gasteiger partial charge is 0.337 e. The average molecular weight is 224 g/mol. The lowest BCUT2D eigenvalue weighted by Gasteiger charge is -2.01. The number of carbonyl (C=O) groups excluding carboxylic acids is 1. The van der Waals surface area contributed by atoms with Gasteiger partial charge in [0.25, 0.3) is 0 Å². The number of ether oxygens (including phenoxy) is 1. The van der Waals surface area contributed by atoms with Gasteiger partial charge in [-0.15, -0.1) is 0 Å². The number of carbonyl (C=O) groups is 1. The molecule has 3 N–H and O–H groups in total. The second kappa shape index (κ2) is 7.45. The van der Waals surface area contributed by atoms with Gasteiger partial charge in [0.05, 0.1) is 18.5 Å². The van der Waals surface area contributed by atoms with Crippen LogP contribution in [-0.2, 0) is 11.2 Å². The zero-order chi connectivity index (χ0) is 10.6. The van der Waals surface area contributed by atoms with Gasteiger partial charge in [-0.25, -0.2) is 4.79 Å². The van der Waals surface area contributed by atoms with E-state index in [1.807, 2.05) is 0 Å². The normalized spacial score (nSPS) is 8.31. The Morgan fingerprint density at radius 1 is 1.31 bits per heavy atom. The van der Waals surface area contributed by atoms with Crippen molar-refractivity contribution in [2.75, 3.05) is 7.11 Å². The minimum absolute atomic E-state index is 0. The fourth-order valence-electron chi connectivity index (χ4n) is 1.10. The van der Waals surface area contributed by atoms with Gasteiger partial charge in [-0.2, -0.15) is 0 Å². The lowest BCUT2D eigenvalue weighted by Crippen LogP contribution is -2.12. The molecule has 1 rings (SSSR count). The Hall–Kier alpha value is -1.84. The molecule has 0 aliphatic heterocycles. The zero-order valence-corrected chi connectivity index (χ0v) is 7.91. The molecule has 0 bridgehead atoms. The highest BCUT2D eigenvalue weighted by atomic mass is 16.5. The first kappa shape index (κ1) is 16.6. The monoisotopic (exact) mass is 224 g/mol. The quantitative estimate of drug-likeness (QED) is 0.469. The molecule has 0 spiro atoms. The topological polar surface area (TPSA) is 76.2 Å². The van der Waals surface area contributed by atoms with E-state index in [1.165, 1.54) is 7.11 Å². The Balaban J connectivity index is 0. The summed E-state index contributed by atoms with van der Waals surface area (Å²) in [6.45, 7) is 0. The first-order chi connectivity index (χ1) is 6.63. The predicted octanol–water partition coefficient (Wildman–Crippen LogP) is 2.22. The van der Waals surface area contributed by atoms with E-state index in [-0.39, 0.29) is 26.7 Å². The highest BCUT2D eigenvalue weighted by molar-refractivity contribution is 5.89. The van der Waals surface area contributed by atoms with Crippen LogP contribution in [0.1, 0.15) is 30.8 Å². The number of amidine groups is 1. The second-order valence-corrected chi connectivity index (χ2v) is 2.89. The van der Waals surface area contributed by atoms with Crippen LogP contribution in [0.4, 0.5) is 0 Å². The van der Waals surface area contributed by atoms with Gasteiger partial charge in [0.15, 0.2) is 0 Å². The highest BCUT2D eigenvalue weighted by Crippen LogP contribution is 2.05. The van der Waals surface area contributed by atoms with Crippen molar-refractivity contribution in [2.24, 2.45) is 5.73 Å². The van der Waals surface area contributed by atoms with E-state index in [0.29, 0.717) is 12.0 Å². The standard InChI is InChI=1S/C10H12N2O2.2CH4/c1-14-10(13)8-4-2-7(3-5-8)6-9(11)12;;/h2-5H,6H2,1H3,(H3,11,12);2*1H4. The lowest BCUT2D eigenvalue weighted by atomic mass is 10.1. The van der Waals surface area contributed by atoms with E-state index in [0.717, 1.165) is 5.56 Å². The predicted molar refractivity (Wildman–Crippen MR) is 66.9 cm³/mol. The Labute approximate surface area is 96.9 Å². The van der Waals surface area contributed by atoms with Gasteiger partial charge in [-0.3, -0.25) is 5.41 Å². The van der Waals surface area contributed by atoms with Gasteiger partial charge < -0.3 is 10.5 Å². The molecule has 0 aliphatic rings. The summed E-state index contributed by atoms with van der Waals surface area (Å²) in [6.07, 6.45) is 0.404. The Kier molecular flexibility index (Phi) is 7.72. The molecule has 0 aromatic heterocycles. The van der Waals surface area contributed by atoms with Crippen LogP contribution >= 0.6 is 0 Å². The molecule has 4 heteroatoms. The summed E-state index contributed by atoms with van der Waals surface area (Å²) in [5.41, 5.74) is 6.65. The first-order valence-electron chi connectivity index (χ1n) is 4.13. The molecule has 0 radical (unpaired) electrons. The van der Waals surface area contributed by atoms with E-state index in [1.54, 1.807) is 24.3 Å². The molecule has 1 aromatic carbocycles. The molecule has 90 valence electrons. The number of hydrogen-bond donors (Lipinski definition) is 2. The van der Waals surface area contributed by atoms with Crippen LogP contribution in [0, 0.1) is 5.41 Å². The Bertz CT molecular complexity index is 345. The van der Waals surface area contributed by atoms with Crippen molar-refractivity contribution in [3.8, 4) is 0 Å². The summed E-state index contributed by atoms with van der Waals surface area (Å²) >= 11 is 0. The summed E-state index contributed by atoms with van der Waals surface area (Å²) in [5.74, 6) is -0.254. The third-order valence-electron chi connectivity index (χ3n) is 1.77. The van der Waals surface area contributed by atoms with Crippen molar-refractivity contribution in [1.82, 2.24) is 0 Å². The first-order valence-corrected chi connectivity index (χ1v) is 4.13. The Morgan fingerprint density at radius 2 is 1.81 bits per heavy atom. The fourth-order valence-corrected chi connectivity index (χ4v) is 1.10. The summed E-state index contributed by atoms with van der Waals surface area (Å²) < 4.78 is 4.55. The van der Waals surface area contributed by atoms with E-state index in [9.17, 15) is 4.79 Å². The molecule has 0 fully saturated rings.